The number of aromatic nitrogens is 4. The Morgan fingerprint density at radius 2 is 1.74 bits per heavy atom. The molecule has 5 rings (SSSR count). The standard InChI is InChI=1S/C29H29FN6O3/c1-19-10-12-21(13-11-19)28-32-34-35(33-28)18-26(38)36(25-9-5-4-8-24(25)30)27(20-14-16-23(37)17-15-20)29(39)31-22-6-2-3-7-22/h4-5,8-17,22,27,37H,2-3,6-7,18H2,1H3,(H,31,39)/t27-/m0/s1. The lowest BCUT2D eigenvalue weighted by atomic mass is 10.0. The fourth-order valence-electron chi connectivity index (χ4n) is 4.81. The second kappa shape index (κ2) is 11.4. The molecule has 0 radical (unpaired) electrons. The zero-order valence-electron chi connectivity index (χ0n) is 21.5. The number of carbonyl (C=O) groups excluding carboxylic acids is 2. The van der Waals surface area contributed by atoms with Gasteiger partial charge in [0.05, 0.1) is 5.69 Å². The van der Waals surface area contributed by atoms with Gasteiger partial charge in [0, 0.05) is 11.6 Å². The number of benzene rings is 3. The minimum Gasteiger partial charge on any atom is -0.508 e. The molecule has 1 aliphatic carbocycles. The van der Waals surface area contributed by atoms with Gasteiger partial charge in [-0.05, 0) is 54.8 Å². The first-order valence-corrected chi connectivity index (χ1v) is 12.9. The Kier molecular flexibility index (Phi) is 7.62. The number of amides is 2. The normalized spacial score (nSPS) is 14.2. The van der Waals surface area contributed by atoms with Crippen LogP contribution in [0.5, 0.6) is 5.75 Å². The molecule has 200 valence electrons. The van der Waals surface area contributed by atoms with Crippen molar-refractivity contribution in [2.24, 2.45) is 0 Å². The molecule has 2 amide bonds. The lowest BCUT2D eigenvalue weighted by Crippen LogP contribution is -2.47. The van der Waals surface area contributed by atoms with E-state index >= 15 is 4.39 Å². The van der Waals surface area contributed by atoms with Crippen molar-refractivity contribution in [3.8, 4) is 17.1 Å². The van der Waals surface area contributed by atoms with Crippen molar-refractivity contribution >= 4 is 17.5 Å². The van der Waals surface area contributed by atoms with Gasteiger partial charge < -0.3 is 10.4 Å². The topological polar surface area (TPSA) is 113 Å². The van der Waals surface area contributed by atoms with E-state index in [1.54, 1.807) is 18.2 Å². The molecule has 0 spiro atoms. The smallest absolute Gasteiger partial charge is 0.251 e. The van der Waals surface area contributed by atoms with Crippen molar-refractivity contribution in [1.29, 1.82) is 0 Å². The molecular formula is C29H29FN6O3. The molecule has 1 aliphatic rings. The van der Waals surface area contributed by atoms with E-state index in [0.717, 1.165) is 46.5 Å². The summed E-state index contributed by atoms with van der Waals surface area (Å²) in [7, 11) is 0. The number of hydrogen-bond acceptors (Lipinski definition) is 6. The van der Waals surface area contributed by atoms with Crippen molar-refractivity contribution in [2.45, 2.75) is 51.2 Å². The summed E-state index contributed by atoms with van der Waals surface area (Å²) < 4.78 is 15.2. The van der Waals surface area contributed by atoms with Crippen LogP contribution in [-0.2, 0) is 16.1 Å². The highest BCUT2D eigenvalue weighted by Crippen LogP contribution is 2.32. The molecule has 0 unspecified atom stereocenters. The third kappa shape index (κ3) is 5.95. The van der Waals surface area contributed by atoms with Crippen LogP contribution in [-0.4, -0.2) is 43.2 Å². The Hall–Kier alpha value is -4.60. The van der Waals surface area contributed by atoms with E-state index in [2.05, 4.69) is 20.7 Å². The van der Waals surface area contributed by atoms with Crippen LogP contribution < -0.4 is 10.2 Å². The van der Waals surface area contributed by atoms with Gasteiger partial charge in [0.2, 0.25) is 11.7 Å². The van der Waals surface area contributed by atoms with Crippen LogP contribution in [0, 0.1) is 12.7 Å². The van der Waals surface area contributed by atoms with Crippen LogP contribution >= 0.6 is 0 Å². The van der Waals surface area contributed by atoms with Gasteiger partial charge in [0.25, 0.3) is 5.91 Å². The second-order valence-electron chi connectivity index (χ2n) is 9.71. The molecule has 4 aromatic rings. The number of carbonyl (C=O) groups is 2. The van der Waals surface area contributed by atoms with Gasteiger partial charge in [-0.15, -0.1) is 10.2 Å². The van der Waals surface area contributed by atoms with Crippen LogP contribution in [0.1, 0.15) is 42.9 Å². The largest absolute Gasteiger partial charge is 0.508 e. The van der Waals surface area contributed by atoms with Crippen LogP contribution in [0.4, 0.5) is 10.1 Å². The lowest BCUT2D eigenvalue weighted by Gasteiger charge is -2.32. The maximum absolute atomic E-state index is 15.2. The maximum atomic E-state index is 15.2. The van der Waals surface area contributed by atoms with Gasteiger partial charge in [-0.1, -0.05) is 66.9 Å². The number of phenolic OH excluding ortho intramolecular Hbond substituents is 1. The molecule has 0 aliphatic heterocycles. The third-order valence-electron chi connectivity index (χ3n) is 6.84. The summed E-state index contributed by atoms with van der Waals surface area (Å²) in [5.41, 5.74) is 2.19. The summed E-state index contributed by atoms with van der Waals surface area (Å²) in [6.07, 6.45) is 3.69. The van der Waals surface area contributed by atoms with Crippen molar-refractivity contribution in [1.82, 2.24) is 25.5 Å². The molecular weight excluding hydrogens is 499 g/mol. The van der Waals surface area contributed by atoms with Crippen LogP contribution in [0.15, 0.2) is 72.8 Å². The Bertz CT molecular complexity index is 1450. The number of para-hydroxylation sites is 1. The number of anilines is 1. The first-order valence-electron chi connectivity index (χ1n) is 12.9. The Balaban J connectivity index is 1.51. The Morgan fingerprint density at radius 3 is 2.44 bits per heavy atom. The van der Waals surface area contributed by atoms with Gasteiger partial charge in [-0.2, -0.15) is 4.80 Å². The molecule has 1 fully saturated rings. The van der Waals surface area contributed by atoms with E-state index in [4.69, 9.17) is 0 Å². The third-order valence-corrected chi connectivity index (χ3v) is 6.84. The van der Waals surface area contributed by atoms with Crippen LogP contribution in [0.25, 0.3) is 11.4 Å². The highest BCUT2D eigenvalue weighted by molar-refractivity contribution is 6.01. The van der Waals surface area contributed by atoms with Gasteiger partial charge >= 0.3 is 0 Å². The number of halogens is 1. The fourth-order valence-corrected chi connectivity index (χ4v) is 4.81. The van der Waals surface area contributed by atoms with Crippen molar-refractivity contribution in [2.75, 3.05) is 4.90 Å². The fraction of sp³-hybridized carbons (Fsp3) is 0.276. The summed E-state index contributed by atoms with van der Waals surface area (Å²) in [4.78, 5) is 29.9. The van der Waals surface area contributed by atoms with E-state index in [0.29, 0.717) is 11.4 Å². The molecule has 10 heteroatoms. The van der Waals surface area contributed by atoms with Crippen molar-refractivity contribution < 1.29 is 19.1 Å². The quantitative estimate of drug-likeness (QED) is 0.352. The highest BCUT2D eigenvalue weighted by atomic mass is 19.1. The number of aromatic hydroxyl groups is 1. The number of nitrogens with zero attached hydrogens (tertiary/aromatic N) is 5. The zero-order chi connectivity index (χ0) is 27.4. The first kappa shape index (κ1) is 26.0. The Morgan fingerprint density at radius 1 is 1.05 bits per heavy atom. The summed E-state index contributed by atoms with van der Waals surface area (Å²) in [6, 6.07) is 18.1. The number of aryl methyl sites for hydroxylation is 1. The number of nitrogens with one attached hydrogen (secondary N) is 1. The minimum absolute atomic E-state index is 0.00733. The van der Waals surface area contributed by atoms with E-state index in [-0.39, 0.29) is 24.0 Å². The van der Waals surface area contributed by atoms with Gasteiger partial charge in [-0.25, -0.2) is 4.39 Å². The molecule has 1 heterocycles. The van der Waals surface area contributed by atoms with Gasteiger partial charge in [0.1, 0.15) is 24.2 Å². The van der Waals surface area contributed by atoms with Crippen molar-refractivity contribution in [3.63, 3.8) is 0 Å². The predicted octanol–water partition coefficient (Wildman–Crippen LogP) is 4.33. The average Bonchev–Trinajstić information content (AvgIpc) is 3.61. The molecule has 1 saturated carbocycles. The average molecular weight is 529 g/mol. The molecule has 0 saturated heterocycles. The molecule has 1 atom stereocenters. The summed E-state index contributed by atoms with van der Waals surface area (Å²) in [5, 5.41) is 25.3. The molecule has 39 heavy (non-hydrogen) atoms. The summed E-state index contributed by atoms with van der Waals surface area (Å²) in [5.74, 6) is -1.35. The molecule has 3 aromatic carbocycles. The SMILES string of the molecule is Cc1ccc(-c2nnn(CC(=O)N(c3ccccc3F)[C@H](C(=O)NC3CCCC3)c3ccc(O)cc3)n2)cc1. The van der Waals surface area contributed by atoms with Gasteiger partial charge in [-0.3, -0.25) is 14.5 Å². The molecule has 9 nitrogen and oxygen atoms in total. The van der Waals surface area contributed by atoms with E-state index in [1.807, 2.05) is 31.2 Å². The maximum Gasteiger partial charge on any atom is 0.251 e. The van der Waals surface area contributed by atoms with Crippen LogP contribution in [0.2, 0.25) is 0 Å². The van der Waals surface area contributed by atoms with Crippen molar-refractivity contribution in [3.05, 3.63) is 89.7 Å². The van der Waals surface area contributed by atoms with Gasteiger partial charge in [0.15, 0.2) is 0 Å². The lowest BCUT2D eigenvalue weighted by molar-refractivity contribution is -0.127. The minimum atomic E-state index is -1.20. The highest BCUT2D eigenvalue weighted by Gasteiger charge is 2.36. The van der Waals surface area contributed by atoms with E-state index in [1.165, 1.54) is 30.3 Å². The summed E-state index contributed by atoms with van der Waals surface area (Å²) in [6.45, 7) is 1.59. The zero-order valence-corrected chi connectivity index (χ0v) is 21.5. The predicted molar refractivity (Wildman–Crippen MR) is 143 cm³/mol. The summed E-state index contributed by atoms with van der Waals surface area (Å²) >= 11 is 0. The molecule has 0 bridgehead atoms. The molecule has 2 N–H and O–H groups in total. The number of phenols is 1. The number of rotatable bonds is 8. The second-order valence-corrected chi connectivity index (χ2v) is 9.71. The molecule has 1 aromatic heterocycles. The van der Waals surface area contributed by atoms with E-state index in [9.17, 15) is 14.7 Å². The number of hydrogen-bond donors (Lipinski definition) is 2. The Labute approximate surface area is 225 Å². The monoisotopic (exact) mass is 528 g/mol. The first-order chi connectivity index (χ1) is 18.9. The number of tetrazole rings is 1. The van der Waals surface area contributed by atoms with Crippen LogP contribution in [0.3, 0.4) is 0 Å². The van der Waals surface area contributed by atoms with E-state index < -0.39 is 23.7 Å².